The summed E-state index contributed by atoms with van der Waals surface area (Å²) in [5.41, 5.74) is 4.21. The Balaban J connectivity index is 1.66. The molecule has 1 heterocycles. The largest absolute Gasteiger partial charge is 0.325 e. The van der Waals surface area contributed by atoms with Crippen molar-refractivity contribution in [2.24, 2.45) is 0 Å². The van der Waals surface area contributed by atoms with Gasteiger partial charge in [-0.05, 0) is 37.8 Å². The van der Waals surface area contributed by atoms with E-state index in [1.165, 1.54) is 17.3 Å². The second kappa shape index (κ2) is 9.06. The highest BCUT2D eigenvalue weighted by atomic mass is 32.2. The minimum absolute atomic E-state index is 0.0533. The lowest BCUT2D eigenvalue weighted by Gasteiger charge is -2.17. The van der Waals surface area contributed by atoms with Gasteiger partial charge in [-0.15, -0.1) is 5.10 Å². The fraction of sp³-hybridized carbons (Fsp3) is 0.318. The van der Waals surface area contributed by atoms with E-state index in [1.807, 2.05) is 56.3 Å². The van der Waals surface area contributed by atoms with Crippen LogP contribution in [0, 0.1) is 6.92 Å². The van der Waals surface area contributed by atoms with Crippen molar-refractivity contribution in [1.29, 1.82) is 0 Å². The van der Waals surface area contributed by atoms with Crippen LogP contribution < -0.4 is 5.32 Å². The van der Waals surface area contributed by atoms with E-state index < -0.39 is 0 Å². The van der Waals surface area contributed by atoms with Crippen molar-refractivity contribution >= 4 is 23.4 Å². The van der Waals surface area contributed by atoms with Crippen molar-refractivity contribution in [3.63, 3.8) is 0 Å². The lowest BCUT2D eigenvalue weighted by Crippen LogP contribution is -2.23. The van der Waals surface area contributed by atoms with Gasteiger partial charge >= 0.3 is 0 Å². The van der Waals surface area contributed by atoms with E-state index in [9.17, 15) is 4.79 Å². The summed E-state index contributed by atoms with van der Waals surface area (Å²) < 4.78 is 0. The predicted molar refractivity (Wildman–Crippen MR) is 116 cm³/mol. The minimum Gasteiger partial charge on any atom is -0.325 e. The summed E-state index contributed by atoms with van der Waals surface area (Å²) in [6.45, 7) is 8.24. The molecule has 2 atom stereocenters. The standard InChI is InChI=1S/C22H26N4OS/c1-5-15(3)18-8-6-7-9-19(18)23-21(27)16(4)28-22-24-20(25-26-22)17-12-10-14(2)11-13-17/h6-13,15-16H,5H2,1-4H3,(H,23,27)(H,24,25,26)/t15-,16-/m1/s1. The molecule has 1 aromatic heterocycles. The summed E-state index contributed by atoms with van der Waals surface area (Å²) in [5.74, 6) is 1.05. The van der Waals surface area contributed by atoms with Gasteiger partial charge in [0.2, 0.25) is 11.1 Å². The number of para-hydroxylation sites is 1. The van der Waals surface area contributed by atoms with Crippen molar-refractivity contribution in [2.45, 2.75) is 50.4 Å². The highest BCUT2D eigenvalue weighted by molar-refractivity contribution is 8.00. The summed E-state index contributed by atoms with van der Waals surface area (Å²) in [4.78, 5) is 17.2. The van der Waals surface area contributed by atoms with E-state index in [0.29, 0.717) is 16.9 Å². The van der Waals surface area contributed by atoms with Crippen LogP contribution in [0.1, 0.15) is 44.2 Å². The third-order valence-corrected chi connectivity index (χ3v) is 5.76. The molecule has 0 unspecified atom stereocenters. The predicted octanol–water partition coefficient (Wildman–Crippen LogP) is 5.41. The lowest BCUT2D eigenvalue weighted by molar-refractivity contribution is -0.115. The van der Waals surface area contributed by atoms with E-state index in [1.54, 1.807) is 0 Å². The van der Waals surface area contributed by atoms with Crippen molar-refractivity contribution in [3.05, 3.63) is 59.7 Å². The molecule has 1 amide bonds. The molecule has 2 N–H and O–H groups in total. The Bertz CT molecular complexity index is 936. The van der Waals surface area contributed by atoms with Crippen molar-refractivity contribution in [3.8, 4) is 11.4 Å². The number of hydrogen-bond acceptors (Lipinski definition) is 4. The van der Waals surface area contributed by atoms with Gasteiger partial charge in [0.25, 0.3) is 0 Å². The number of rotatable bonds is 7. The zero-order chi connectivity index (χ0) is 20.1. The molecule has 5 nitrogen and oxygen atoms in total. The maximum Gasteiger partial charge on any atom is 0.237 e. The molecule has 6 heteroatoms. The van der Waals surface area contributed by atoms with Crippen molar-refractivity contribution in [2.75, 3.05) is 5.32 Å². The van der Waals surface area contributed by atoms with E-state index >= 15 is 0 Å². The highest BCUT2D eigenvalue weighted by Crippen LogP contribution is 2.28. The van der Waals surface area contributed by atoms with Gasteiger partial charge in [-0.25, -0.2) is 4.98 Å². The summed E-state index contributed by atoms with van der Waals surface area (Å²) >= 11 is 1.34. The molecule has 0 spiro atoms. The number of thioether (sulfide) groups is 1. The van der Waals surface area contributed by atoms with E-state index in [-0.39, 0.29) is 11.2 Å². The Hall–Kier alpha value is -2.60. The van der Waals surface area contributed by atoms with Gasteiger partial charge in [0.1, 0.15) is 0 Å². The van der Waals surface area contributed by atoms with Gasteiger partial charge in [-0.2, -0.15) is 0 Å². The Morgan fingerprint density at radius 2 is 1.86 bits per heavy atom. The molecule has 0 aliphatic heterocycles. The number of aromatic nitrogens is 3. The first-order valence-electron chi connectivity index (χ1n) is 9.53. The fourth-order valence-electron chi connectivity index (χ4n) is 2.85. The smallest absolute Gasteiger partial charge is 0.237 e. The second-order valence-corrected chi connectivity index (χ2v) is 8.29. The third-order valence-electron chi connectivity index (χ3n) is 4.80. The monoisotopic (exact) mass is 394 g/mol. The Kier molecular flexibility index (Phi) is 6.52. The molecule has 0 fully saturated rings. The molecule has 0 radical (unpaired) electrons. The molecular formula is C22H26N4OS. The van der Waals surface area contributed by atoms with Gasteiger partial charge < -0.3 is 5.32 Å². The topological polar surface area (TPSA) is 70.7 Å². The van der Waals surface area contributed by atoms with Crippen LogP contribution in [0.25, 0.3) is 11.4 Å². The molecule has 0 saturated heterocycles. The van der Waals surface area contributed by atoms with E-state index in [2.05, 4.69) is 40.4 Å². The summed E-state index contributed by atoms with van der Waals surface area (Å²) in [5, 5.41) is 10.5. The van der Waals surface area contributed by atoms with Crippen molar-refractivity contribution < 1.29 is 4.79 Å². The zero-order valence-electron chi connectivity index (χ0n) is 16.7. The number of carbonyl (C=O) groups is 1. The van der Waals surface area contributed by atoms with Crippen LogP contribution in [0.3, 0.4) is 0 Å². The maximum atomic E-state index is 12.7. The van der Waals surface area contributed by atoms with Gasteiger partial charge in [0.05, 0.1) is 5.25 Å². The molecule has 0 saturated carbocycles. The first kappa shape index (κ1) is 20.1. The van der Waals surface area contributed by atoms with Crippen LogP contribution >= 0.6 is 11.8 Å². The number of nitrogens with one attached hydrogen (secondary N) is 2. The van der Waals surface area contributed by atoms with Crippen LogP contribution in [0.2, 0.25) is 0 Å². The van der Waals surface area contributed by atoms with Gasteiger partial charge in [0.15, 0.2) is 5.82 Å². The summed E-state index contributed by atoms with van der Waals surface area (Å²) in [7, 11) is 0. The Morgan fingerprint density at radius 1 is 1.14 bits per heavy atom. The van der Waals surface area contributed by atoms with Gasteiger partial charge in [-0.3, -0.25) is 9.89 Å². The highest BCUT2D eigenvalue weighted by Gasteiger charge is 2.19. The number of anilines is 1. The Morgan fingerprint density at radius 3 is 2.57 bits per heavy atom. The Labute approximate surface area is 170 Å². The number of amides is 1. The van der Waals surface area contributed by atoms with Crippen LogP contribution in [-0.2, 0) is 4.79 Å². The second-order valence-electron chi connectivity index (χ2n) is 6.98. The molecule has 0 aliphatic rings. The number of benzene rings is 2. The maximum absolute atomic E-state index is 12.7. The normalized spacial score (nSPS) is 13.1. The number of aromatic amines is 1. The number of nitrogens with zero attached hydrogens (tertiary/aromatic N) is 2. The first-order chi connectivity index (χ1) is 13.5. The summed E-state index contributed by atoms with van der Waals surface area (Å²) in [6.07, 6.45) is 1.02. The number of carbonyl (C=O) groups excluding carboxylic acids is 1. The minimum atomic E-state index is -0.313. The quantitative estimate of drug-likeness (QED) is 0.525. The molecule has 0 aliphatic carbocycles. The van der Waals surface area contributed by atoms with Crippen LogP contribution in [0.4, 0.5) is 5.69 Å². The molecule has 3 aromatic rings. The first-order valence-corrected chi connectivity index (χ1v) is 10.4. The SMILES string of the molecule is CC[C@@H](C)c1ccccc1NC(=O)[C@@H](C)Sc1n[nH]c(-c2ccc(C)cc2)n1. The van der Waals surface area contributed by atoms with Gasteiger partial charge in [-0.1, -0.05) is 73.6 Å². The van der Waals surface area contributed by atoms with Crippen LogP contribution in [0.15, 0.2) is 53.7 Å². The van der Waals surface area contributed by atoms with Crippen LogP contribution in [0.5, 0.6) is 0 Å². The van der Waals surface area contributed by atoms with Crippen LogP contribution in [-0.4, -0.2) is 26.3 Å². The lowest BCUT2D eigenvalue weighted by atomic mass is 9.97. The fourth-order valence-corrected chi connectivity index (χ4v) is 3.57. The third kappa shape index (κ3) is 4.81. The molecule has 146 valence electrons. The summed E-state index contributed by atoms with van der Waals surface area (Å²) in [6, 6.07) is 16.1. The average Bonchev–Trinajstić information content (AvgIpc) is 3.16. The molecular weight excluding hydrogens is 368 g/mol. The number of hydrogen-bond donors (Lipinski definition) is 2. The number of aryl methyl sites for hydroxylation is 1. The van der Waals surface area contributed by atoms with Gasteiger partial charge in [0, 0.05) is 11.3 Å². The molecule has 2 aromatic carbocycles. The zero-order valence-corrected chi connectivity index (χ0v) is 17.5. The van der Waals surface area contributed by atoms with E-state index in [0.717, 1.165) is 23.2 Å². The molecule has 28 heavy (non-hydrogen) atoms. The van der Waals surface area contributed by atoms with Crippen molar-refractivity contribution in [1.82, 2.24) is 15.2 Å². The average molecular weight is 395 g/mol. The van der Waals surface area contributed by atoms with E-state index in [4.69, 9.17) is 0 Å². The number of H-pyrrole nitrogens is 1. The molecule has 0 bridgehead atoms. The molecule has 3 rings (SSSR count).